The minimum atomic E-state index is -4.61. The molecule has 0 bridgehead atoms. The molecular formula is C26H22BrF3N6O2S. The molecule has 1 aliphatic rings. The van der Waals surface area contributed by atoms with Crippen LogP contribution in [-0.2, 0) is 26.2 Å². The predicted molar refractivity (Wildman–Crippen MR) is 144 cm³/mol. The van der Waals surface area contributed by atoms with E-state index < -0.39 is 23.7 Å². The normalized spacial score (nSPS) is 15.4. The van der Waals surface area contributed by atoms with Crippen LogP contribution in [-0.4, -0.2) is 47.4 Å². The average Bonchev–Trinajstić information content (AvgIpc) is 3.33. The first kappa shape index (κ1) is 27.1. The molecule has 0 spiro atoms. The van der Waals surface area contributed by atoms with Crippen molar-refractivity contribution in [2.24, 2.45) is 7.05 Å². The number of nitrogens with zero attached hydrogens (tertiary/aromatic N) is 6. The summed E-state index contributed by atoms with van der Waals surface area (Å²) in [6.45, 7) is 1.79. The summed E-state index contributed by atoms with van der Waals surface area (Å²) >= 11 is 4.20. The molecule has 13 heteroatoms. The number of rotatable bonds is 4. The molecule has 0 fully saturated rings. The van der Waals surface area contributed by atoms with E-state index in [9.17, 15) is 22.8 Å². The summed E-state index contributed by atoms with van der Waals surface area (Å²) in [6, 6.07) is 10.3. The summed E-state index contributed by atoms with van der Waals surface area (Å²) in [5.41, 5.74) is 1.15. The Labute approximate surface area is 234 Å². The molecule has 8 nitrogen and oxygen atoms in total. The fourth-order valence-corrected chi connectivity index (χ4v) is 5.66. The number of hydrogen-bond acceptors (Lipinski definition) is 6. The molecular weight excluding hydrogens is 597 g/mol. The Hall–Kier alpha value is -3.45. The van der Waals surface area contributed by atoms with Crippen LogP contribution in [0.1, 0.15) is 34.1 Å². The molecule has 2 aromatic carbocycles. The maximum atomic E-state index is 13.7. The van der Waals surface area contributed by atoms with E-state index in [1.165, 1.54) is 28.8 Å². The predicted octanol–water partition coefficient (Wildman–Crippen LogP) is 5.12. The SMILES string of the molecule is CSc1nc2c(c(=O)n1-c1ccc(-c3nncn3C)cc1)C[C@@H](C)N(C(=O)c1ccc(Br)c(C(F)(F)F)c1)C2. The number of halogens is 4. The van der Waals surface area contributed by atoms with Gasteiger partial charge in [0.15, 0.2) is 11.0 Å². The van der Waals surface area contributed by atoms with E-state index in [1.807, 2.05) is 31.3 Å². The summed E-state index contributed by atoms with van der Waals surface area (Å²) < 4.78 is 43.4. The molecule has 1 atom stereocenters. The summed E-state index contributed by atoms with van der Waals surface area (Å²) in [5, 5.41) is 8.44. The van der Waals surface area contributed by atoms with E-state index in [4.69, 9.17) is 4.98 Å². The first-order valence-corrected chi connectivity index (χ1v) is 13.8. The van der Waals surface area contributed by atoms with Crippen LogP contribution in [0, 0.1) is 0 Å². The van der Waals surface area contributed by atoms with Gasteiger partial charge in [-0.2, -0.15) is 13.2 Å². The van der Waals surface area contributed by atoms with Gasteiger partial charge in [0.2, 0.25) is 0 Å². The zero-order valence-electron chi connectivity index (χ0n) is 21.0. The number of aromatic nitrogens is 5. The lowest BCUT2D eigenvalue weighted by atomic mass is 9.98. The zero-order chi connectivity index (χ0) is 28.1. The Morgan fingerprint density at radius 2 is 1.87 bits per heavy atom. The van der Waals surface area contributed by atoms with Crippen molar-refractivity contribution in [2.75, 3.05) is 6.26 Å². The van der Waals surface area contributed by atoms with Crippen LogP contribution in [0.3, 0.4) is 0 Å². The first-order chi connectivity index (χ1) is 18.5. The van der Waals surface area contributed by atoms with Gasteiger partial charge < -0.3 is 9.47 Å². The molecule has 0 unspecified atom stereocenters. The number of alkyl halides is 3. The van der Waals surface area contributed by atoms with Crippen LogP contribution < -0.4 is 5.56 Å². The van der Waals surface area contributed by atoms with E-state index in [0.717, 1.165) is 11.6 Å². The number of amides is 1. The van der Waals surface area contributed by atoms with Gasteiger partial charge in [-0.1, -0.05) is 27.7 Å². The summed E-state index contributed by atoms with van der Waals surface area (Å²) in [6.07, 6.45) is -0.982. The Kier molecular flexibility index (Phi) is 7.14. The van der Waals surface area contributed by atoms with E-state index >= 15 is 0 Å². The number of hydrogen-bond donors (Lipinski definition) is 0. The Balaban J connectivity index is 1.49. The van der Waals surface area contributed by atoms with Crippen molar-refractivity contribution in [2.45, 2.75) is 37.3 Å². The van der Waals surface area contributed by atoms with Gasteiger partial charge >= 0.3 is 6.18 Å². The number of aryl methyl sites for hydroxylation is 1. The molecule has 0 aliphatic carbocycles. The molecule has 1 aliphatic heterocycles. The van der Waals surface area contributed by atoms with Crippen LogP contribution in [0.2, 0.25) is 0 Å². The van der Waals surface area contributed by atoms with Crippen molar-refractivity contribution in [1.29, 1.82) is 0 Å². The molecule has 3 heterocycles. The van der Waals surface area contributed by atoms with Crippen molar-refractivity contribution in [3.63, 3.8) is 0 Å². The fraction of sp³-hybridized carbons (Fsp3) is 0.269. The molecule has 0 N–H and O–H groups in total. The van der Waals surface area contributed by atoms with E-state index in [0.29, 0.717) is 27.9 Å². The quantitative estimate of drug-likeness (QED) is 0.233. The third kappa shape index (κ3) is 5.00. The molecule has 39 heavy (non-hydrogen) atoms. The van der Waals surface area contributed by atoms with Gasteiger partial charge in [0.25, 0.3) is 11.5 Å². The van der Waals surface area contributed by atoms with Crippen molar-refractivity contribution < 1.29 is 18.0 Å². The van der Waals surface area contributed by atoms with Crippen LogP contribution in [0.4, 0.5) is 13.2 Å². The van der Waals surface area contributed by atoms with Gasteiger partial charge in [0.05, 0.1) is 23.5 Å². The second kappa shape index (κ2) is 10.3. The minimum absolute atomic E-state index is 0.0154. The lowest BCUT2D eigenvalue weighted by molar-refractivity contribution is -0.138. The number of carbonyl (C=O) groups is 1. The Bertz CT molecular complexity index is 1630. The lowest BCUT2D eigenvalue weighted by Gasteiger charge is -2.34. The molecule has 0 saturated heterocycles. The maximum Gasteiger partial charge on any atom is 0.417 e. The van der Waals surface area contributed by atoms with E-state index in [2.05, 4.69) is 26.1 Å². The highest BCUT2D eigenvalue weighted by atomic mass is 79.9. The van der Waals surface area contributed by atoms with Crippen LogP contribution in [0.25, 0.3) is 17.1 Å². The second-order valence-corrected chi connectivity index (χ2v) is 10.8. The Morgan fingerprint density at radius 3 is 2.49 bits per heavy atom. The standard InChI is InChI=1S/C26H22BrF3N6O2S/c1-14-10-18-21(12-35(14)23(37)16-6-9-20(27)19(11-16)26(28,29)30)32-25(39-3)36(24(18)38)17-7-4-15(5-8-17)22-33-31-13-34(22)2/h4-9,11,13-14H,10,12H2,1-3H3/t14-/m1/s1. The average molecular weight is 619 g/mol. The van der Waals surface area contributed by atoms with Crippen molar-refractivity contribution in [3.8, 4) is 17.1 Å². The second-order valence-electron chi connectivity index (χ2n) is 9.16. The topological polar surface area (TPSA) is 85.9 Å². The Morgan fingerprint density at radius 1 is 1.15 bits per heavy atom. The highest BCUT2D eigenvalue weighted by Gasteiger charge is 2.36. The van der Waals surface area contributed by atoms with Crippen LogP contribution in [0.5, 0.6) is 0 Å². The number of fused-ring (bicyclic) bond motifs is 1. The van der Waals surface area contributed by atoms with Crippen molar-refractivity contribution >= 4 is 33.6 Å². The summed E-state index contributed by atoms with van der Waals surface area (Å²) in [4.78, 5) is 33.2. The zero-order valence-corrected chi connectivity index (χ0v) is 23.4. The highest BCUT2D eigenvalue weighted by Crippen LogP contribution is 2.36. The van der Waals surface area contributed by atoms with Gasteiger partial charge in [-0.3, -0.25) is 14.2 Å². The number of thioether (sulfide) groups is 1. The van der Waals surface area contributed by atoms with Gasteiger partial charge in [0, 0.05) is 34.3 Å². The lowest BCUT2D eigenvalue weighted by Crippen LogP contribution is -2.46. The van der Waals surface area contributed by atoms with Crippen LogP contribution >= 0.6 is 27.7 Å². The van der Waals surface area contributed by atoms with Crippen molar-refractivity contribution in [1.82, 2.24) is 29.2 Å². The van der Waals surface area contributed by atoms with Gasteiger partial charge in [-0.25, -0.2) is 4.98 Å². The molecule has 4 aromatic rings. The third-order valence-electron chi connectivity index (χ3n) is 6.64. The van der Waals surface area contributed by atoms with Gasteiger partial charge in [-0.15, -0.1) is 10.2 Å². The summed E-state index contributed by atoms with van der Waals surface area (Å²) in [5.74, 6) is 0.136. The minimum Gasteiger partial charge on any atom is -0.330 e. The largest absolute Gasteiger partial charge is 0.417 e. The molecule has 0 saturated carbocycles. The maximum absolute atomic E-state index is 13.7. The van der Waals surface area contributed by atoms with Gasteiger partial charge in [-0.05, 0) is 62.1 Å². The third-order valence-corrected chi connectivity index (χ3v) is 7.97. The van der Waals surface area contributed by atoms with E-state index in [1.54, 1.807) is 28.6 Å². The molecule has 2 aromatic heterocycles. The number of benzene rings is 2. The smallest absolute Gasteiger partial charge is 0.330 e. The molecule has 0 radical (unpaired) electrons. The highest BCUT2D eigenvalue weighted by molar-refractivity contribution is 9.10. The fourth-order valence-electron chi connectivity index (χ4n) is 4.62. The van der Waals surface area contributed by atoms with Gasteiger partial charge in [0.1, 0.15) is 6.33 Å². The molecule has 5 rings (SSSR count). The van der Waals surface area contributed by atoms with Crippen LogP contribution in [0.15, 0.2) is 63.2 Å². The van der Waals surface area contributed by atoms with E-state index in [-0.39, 0.29) is 28.6 Å². The summed E-state index contributed by atoms with van der Waals surface area (Å²) in [7, 11) is 1.84. The first-order valence-electron chi connectivity index (χ1n) is 11.8. The molecule has 202 valence electrons. The van der Waals surface area contributed by atoms with Crippen molar-refractivity contribution in [3.05, 3.63) is 86.0 Å². The molecule has 1 amide bonds. The monoisotopic (exact) mass is 618 g/mol. The number of carbonyl (C=O) groups excluding carboxylic acids is 1.